The molecule has 1 N–H and O–H groups in total. The number of piperidine rings is 2. The molecule has 2 aliphatic rings. The summed E-state index contributed by atoms with van der Waals surface area (Å²) < 4.78 is 50.5. The molecule has 0 aliphatic carbocycles. The van der Waals surface area contributed by atoms with E-state index in [2.05, 4.69) is 5.32 Å². The zero-order valence-electron chi connectivity index (χ0n) is 21.4. The van der Waals surface area contributed by atoms with Crippen LogP contribution in [0.5, 0.6) is 0 Å². The maximum atomic E-state index is 13.5. The normalized spacial score (nSPS) is 23.0. The van der Waals surface area contributed by atoms with Crippen molar-refractivity contribution in [1.29, 1.82) is 0 Å². The molecule has 0 bridgehead atoms. The fourth-order valence-electron chi connectivity index (χ4n) is 4.66. The lowest BCUT2D eigenvalue weighted by Crippen LogP contribution is -2.61. The van der Waals surface area contributed by atoms with E-state index in [-0.39, 0.29) is 42.7 Å². The first kappa shape index (κ1) is 28.9. The number of likely N-dealkylation sites (tertiary alicyclic amines) is 2. The fourth-order valence-corrected chi connectivity index (χ4v) is 4.90. The fraction of sp³-hybridized carbons (Fsp3) is 0.640. The molecule has 2 amide bonds. The van der Waals surface area contributed by atoms with Crippen LogP contribution in [-0.2, 0) is 25.2 Å². The Balaban J connectivity index is 1.83. The highest BCUT2D eigenvalue weighted by Crippen LogP contribution is 2.34. The van der Waals surface area contributed by atoms with Gasteiger partial charge < -0.3 is 24.6 Å². The number of halogens is 4. The molecule has 0 aromatic heterocycles. The van der Waals surface area contributed by atoms with E-state index in [1.165, 1.54) is 15.9 Å². The van der Waals surface area contributed by atoms with Crippen molar-refractivity contribution in [3.05, 3.63) is 28.8 Å². The quantitative estimate of drug-likeness (QED) is 0.525. The number of alkyl halides is 3. The van der Waals surface area contributed by atoms with Crippen LogP contribution in [-0.4, -0.2) is 71.7 Å². The highest BCUT2D eigenvalue weighted by atomic mass is 35.5. The van der Waals surface area contributed by atoms with Gasteiger partial charge in [0, 0.05) is 30.3 Å². The number of carbonyl (C=O) groups is 3. The summed E-state index contributed by atoms with van der Waals surface area (Å²) in [5, 5.41) is 2.78. The summed E-state index contributed by atoms with van der Waals surface area (Å²) in [4.78, 5) is 42.1. The largest absolute Gasteiger partial charge is 0.466 e. The zero-order chi connectivity index (χ0) is 27.5. The van der Waals surface area contributed by atoms with Crippen molar-refractivity contribution < 1.29 is 37.0 Å². The van der Waals surface area contributed by atoms with Gasteiger partial charge in [-0.05, 0) is 65.2 Å². The van der Waals surface area contributed by atoms with Gasteiger partial charge in [-0.15, -0.1) is 0 Å². The summed E-state index contributed by atoms with van der Waals surface area (Å²) in [6, 6.07) is 1.56. The topological polar surface area (TPSA) is 88.2 Å². The highest BCUT2D eigenvalue weighted by molar-refractivity contribution is 6.31. The molecule has 0 spiro atoms. The number of carbonyl (C=O) groups excluding carboxylic acids is 3. The minimum atomic E-state index is -4.59. The molecular weight excluding hydrogens is 515 g/mol. The Morgan fingerprint density at radius 1 is 1.14 bits per heavy atom. The number of hydrogen-bond acceptors (Lipinski definition) is 6. The van der Waals surface area contributed by atoms with Crippen molar-refractivity contribution in [2.75, 3.05) is 31.6 Å². The first-order chi connectivity index (χ1) is 17.2. The molecule has 2 heterocycles. The van der Waals surface area contributed by atoms with Gasteiger partial charge in [-0.2, -0.15) is 13.2 Å². The first-order valence-corrected chi connectivity index (χ1v) is 12.7. The van der Waals surface area contributed by atoms with Crippen LogP contribution >= 0.6 is 11.6 Å². The number of hydrogen-bond donors (Lipinski definition) is 1. The van der Waals surface area contributed by atoms with Crippen molar-refractivity contribution in [3.8, 4) is 0 Å². The minimum Gasteiger partial charge on any atom is -0.466 e. The lowest BCUT2D eigenvalue weighted by Gasteiger charge is -2.45. The summed E-state index contributed by atoms with van der Waals surface area (Å²) in [6.45, 7) is 7.78. The third-order valence-electron chi connectivity index (χ3n) is 6.26. The summed E-state index contributed by atoms with van der Waals surface area (Å²) >= 11 is 5.90. The maximum Gasteiger partial charge on any atom is 0.416 e. The van der Waals surface area contributed by atoms with Crippen molar-refractivity contribution in [2.24, 2.45) is 5.92 Å². The molecule has 8 nitrogen and oxygen atoms in total. The molecule has 12 heteroatoms. The Labute approximate surface area is 219 Å². The second kappa shape index (κ2) is 11.4. The number of nitrogens with zero attached hydrogens (tertiary/aromatic N) is 2. The van der Waals surface area contributed by atoms with Crippen LogP contribution < -0.4 is 5.32 Å². The van der Waals surface area contributed by atoms with Gasteiger partial charge in [-0.3, -0.25) is 9.59 Å². The lowest BCUT2D eigenvalue weighted by molar-refractivity contribution is -0.156. The molecule has 0 saturated carbocycles. The van der Waals surface area contributed by atoms with Crippen LogP contribution in [0.1, 0.15) is 52.5 Å². The van der Waals surface area contributed by atoms with Crippen molar-refractivity contribution >= 4 is 35.3 Å². The predicted molar refractivity (Wildman–Crippen MR) is 131 cm³/mol. The first-order valence-electron chi connectivity index (χ1n) is 12.3. The zero-order valence-corrected chi connectivity index (χ0v) is 22.1. The molecule has 0 radical (unpaired) electrons. The molecule has 1 aromatic carbocycles. The molecule has 3 unspecified atom stereocenters. The van der Waals surface area contributed by atoms with Gasteiger partial charge in [-0.1, -0.05) is 11.6 Å². The number of benzene rings is 1. The third-order valence-corrected chi connectivity index (χ3v) is 6.48. The van der Waals surface area contributed by atoms with Crippen LogP contribution in [0.2, 0.25) is 5.02 Å². The SMILES string of the molecule is CCOC(=O)C1CCN(C(=O)OC(C)(C)C)CC1N1CCCC(Nc2cc(Cl)cc(C(F)(F)F)c2)C1=O. The van der Waals surface area contributed by atoms with E-state index in [1.807, 2.05) is 0 Å². The third kappa shape index (κ3) is 7.43. The van der Waals surface area contributed by atoms with Gasteiger partial charge in [0.1, 0.15) is 11.6 Å². The van der Waals surface area contributed by atoms with Crippen LogP contribution in [0.3, 0.4) is 0 Å². The van der Waals surface area contributed by atoms with Gasteiger partial charge in [0.15, 0.2) is 0 Å². The monoisotopic (exact) mass is 547 g/mol. The van der Waals surface area contributed by atoms with E-state index in [0.717, 1.165) is 12.1 Å². The van der Waals surface area contributed by atoms with E-state index < -0.39 is 47.4 Å². The smallest absolute Gasteiger partial charge is 0.416 e. The summed E-state index contributed by atoms with van der Waals surface area (Å²) in [5.74, 6) is -1.47. The van der Waals surface area contributed by atoms with E-state index in [9.17, 15) is 27.6 Å². The second-order valence-electron chi connectivity index (χ2n) is 10.2. The van der Waals surface area contributed by atoms with E-state index in [0.29, 0.717) is 19.4 Å². The average Bonchev–Trinajstić information content (AvgIpc) is 2.78. The Morgan fingerprint density at radius 3 is 2.46 bits per heavy atom. The number of amides is 2. The van der Waals surface area contributed by atoms with Crippen molar-refractivity contribution in [2.45, 2.75) is 70.8 Å². The van der Waals surface area contributed by atoms with Crippen molar-refractivity contribution in [1.82, 2.24) is 9.80 Å². The van der Waals surface area contributed by atoms with E-state index >= 15 is 0 Å². The second-order valence-corrected chi connectivity index (χ2v) is 10.7. The molecular formula is C25H33ClF3N3O5. The van der Waals surface area contributed by atoms with Crippen LogP contribution in [0, 0.1) is 5.92 Å². The molecule has 2 fully saturated rings. The predicted octanol–water partition coefficient (Wildman–Crippen LogP) is 4.95. The molecule has 37 heavy (non-hydrogen) atoms. The Hall–Kier alpha value is -2.69. The molecule has 1 aromatic rings. The summed E-state index contributed by atoms with van der Waals surface area (Å²) in [7, 11) is 0. The standard InChI is InChI=1S/C25H33ClF3N3O5/c1-5-36-22(34)18-8-10-31(23(35)37-24(2,3)4)14-20(18)32-9-6-7-19(21(32)33)30-17-12-15(25(27,28)29)11-16(26)13-17/h11-13,18-20,30H,5-10,14H2,1-4H3. The number of rotatable bonds is 5. The highest BCUT2D eigenvalue weighted by Gasteiger charge is 2.45. The Bertz CT molecular complexity index is 1010. The molecule has 2 saturated heterocycles. The number of anilines is 1. The molecule has 3 rings (SSSR count). The Morgan fingerprint density at radius 2 is 1.84 bits per heavy atom. The maximum absolute atomic E-state index is 13.5. The van der Waals surface area contributed by atoms with Crippen LogP contribution in [0.25, 0.3) is 0 Å². The van der Waals surface area contributed by atoms with Crippen LogP contribution in [0.15, 0.2) is 18.2 Å². The number of esters is 1. The molecule has 2 aliphatic heterocycles. The van der Waals surface area contributed by atoms with E-state index in [4.69, 9.17) is 21.1 Å². The Kier molecular flexibility index (Phi) is 8.87. The van der Waals surface area contributed by atoms with Crippen LogP contribution in [0.4, 0.5) is 23.7 Å². The lowest BCUT2D eigenvalue weighted by atomic mass is 9.88. The van der Waals surface area contributed by atoms with Gasteiger partial charge in [-0.25, -0.2) is 4.79 Å². The molecule has 3 atom stereocenters. The van der Waals surface area contributed by atoms with Gasteiger partial charge >= 0.3 is 18.2 Å². The van der Waals surface area contributed by atoms with Gasteiger partial charge in [0.2, 0.25) is 5.91 Å². The average molecular weight is 548 g/mol. The van der Waals surface area contributed by atoms with Gasteiger partial charge in [0.25, 0.3) is 0 Å². The van der Waals surface area contributed by atoms with E-state index in [1.54, 1.807) is 27.7 Å². The number of nitrogens with one attached hydrogen (secondary N) is 1. The van der Waals surface area contributed by atoms with Crippen molar-refractivity contribution in [3.63, 3.8) is 0 Å². The minimum absolute atomic E-state index is 0.0704. The summed E-state index contributed by atoms with van der Waals surface area (Å²) in [6.07, 6.45) is -3.92. The number of ether oxygens (including phenoxy) is 2. The molecule has 206 valence electrons. The van der Waals surface area contributed by atoms with Gasteiger partial charge in [0.05, 0.1) is 24.1 Å². The summed E-state index contributed by atoms with van der Waals surface area (Å²) in [5.41, 5.74) is -1.57.